The maximum Gasteiger partial charge on any atom is 0.123 e. The van der Waals surface area contributed by atoms with Crippen molar-refractivity contribution in [3.8, 4) is 0 Å². The molecule has 3 heteroatoms. The van der Waals surface area contributed by atoms with Crippen LogP contribution in [-0.4, -0.2) is 20.1 Å². The van der Waals surface area contributed by atoms with E-state index in [1.165, 1.54) is 31.4 Å². The van der Waals surface area contributed by atoms with Gasteiger partial charge in [-0.1, -0.05) is 75.2 Å². The molecule has 0 spiro atoms. The van der Waals surface area contributed by atoms with Gasteiger partial charge in [0.25, 0.3) is 0 Å². The molecule has 1 heterocycles. The summed E-state index contributed by atoms with van der Waals surface area (Å²) < 4.78 is 0. The largest absolute Gasteiger partial charge is 0.372 e. The predicted octanol–water partition coefficient (Wildman–Crippen LogP) is 7.71. The van der Waals surface area contributed by atoms with Crippen LogP contribution in [0.5, 0.6) is 0 Å². The Morgan fingerprint density at radius 1 is 0.742 bits per heavy atom. The molecule has 0 saturated heterocycles. The SMILES string of the molecule is CCCCN(CCCC)c1ccc(C2(Cl)c3ccccc3N(C)c3ccccc32)cc1. The summed E-state index contributed by atoms with van der Waals surface area (Å²) in [5, 5.41) is 0. The van der Waals surface area contributed by atoms with Crippen molar-refractivity contribution in [2.24, 2.45) is 0 Å². The van der Waals surface area contributed by atoms with E-state index in [0.29, 0.717) is 0 Å². The van der Waals surface area contributed by atoms with Gasteiger partial charge in [-0.2, -0.15) is 0 Å². The average Bonchev–Trinajstić information content (AvgIpc) is 2.83. The van der Waals surface area contributed by atoms with Gasteiger partial charge in [0.05, 0.1) is 0 Å². The second kappa shape index (κ2) is 9.36. The molecule has 0 aliphatic carbocycles. The molecule has 0 fully saturated rings. The van der Waals surface area contributed by atoms with Crippen LogP contribution in [0.25, 0.3) is 0 Å². The normalized spacial score (nSPS) is 14.1. The molecule has 0 bridgehead atoms. The molecule has 4 rings (SSSR count). The third-order valence-electron chi connectivity index (χ3n) is 6.47. The topological polar surface area (TPSA) is 6.48 Å². The summed E-state index contributed by atoms with van der Waals surface area (Å²) in [6.45, 7) is 6.73. The Morgan fingerprint density at radius 3 is 1.71 bits per heavy atom. The number of para-hydroxylation sites is 2. The zero-order valence-electron chi connectivity index (χ0n) is 18.9. The Hall–Kier alpha value is -2.45. The lowest BCUT2D eigenvalue weighted by Crippen LogP contribution is -2.32. The summed E-state index contributed by atoms with van der Waals surface area (Å²) in [5.74, 6) is 0. The lowest BCUT2D eigenvalue weighted by atomic mass is 9.79. The molecule has 1 aliphatic heterocycles. The van der Waals surface area contributed by atoms with Gasteiger partial charge in [-0.05, 0) is 42.7 Å². The first kappa shape index (κ1) is 21.8. The maximum absolute atomic E-state index is 7.59. The first-order valence-corrected chi connectivity index (χ1v) is 12.0. The minimum absolute atomic E-state index is 0.699. The summed E-state index contributed by atoms with van der Waals surface area (Å²) in [7, 11) is 2.12. The van der Waals surface area contributed by atoms with Gasteiger partial charge >= 0.3 is 0 Å². The van der Waals surface area contributed by atoms with Crippen molar-refractivity contribution in [2.75, 3.05) is 29.9 Å². The second-order valence-electron chi connectivity index (χ2n) is 8.49. The first-order valence-electron chi connectivity index (χ1n) is 11.6. The predicted molar refractivity (Wildman–Crippen MR) is 135 cm³/mol. The van der Waals surface area contributed by atoms with Crippen LogP contribution in [0.3, 0.4) is 0 Å². The van der Waals surface area contributed by atoms with Crippen LogP contribution < -0.4 is 9.80 Å². The number of hydrogen-bond acceptors (Lipinski definition) is 2. The number of fused-ring (bicyclic) bond motifs is 2. The van der Waals surface area contributed by atoms with Crippen LogP contribution in [0.1, 0.15) is 56.2 Å². The van der Waals surface area contributed by atoms with E-state index >= 15 is 0 Å². The molecule has 0 atom stereocenters. The third-order valence-corrected chi connectivity index (χ3v) is 7.09. The highest BCUT2D eigenvalue weighted by Crippen LogP contribution is 2.54. The lowest BCUT2D eigenvalue weighted by Gasteiger charge is -2.41. The number of unbranched alkanes of at least 4 members (excludes halogenated alkanes) is 2. The second-order valence-corrected chi connectivity index (χ2v) is 9.06. The molecular formula is C28H33ClN2. The molecule has 3 aromatic carbocycles. The number of rotatable bonds is 8. The zero-order valence-corrected chi connectivity index (χ0v) is 19.7. The maximum atomic E-state index is 7.59. The summed E-state index contributed by atoms with van der Waals surface area (Å²) in [6, 6.07) is 26.0. The van der Waals surface area contributed by atoms with Crippen molar-refractivity contribution in [3.05, 3.63) is 89.5 Å². The smallest absolute Gasteiger partial charge is 0.123 e. The van der Waals surface area contributed by atoms with E-state index in [0.717, 1.165) is 41.2 Å². The number of halogens is 1. The van der Waals surface area contributed by atoms with Gasteiger partial charge in [0.15, 0.2) is 0 Å². The molecule has 0 N–H and O–H groups in total. The van der Waals surface area contributed by atoms with Gasteiger partial charge in [0.1, 0.15) is 4.87 Å². The average molecular weight is 433 g/mol. The van der Waals surface area contributed by atoms with Crippen molar-refractivity contribution in [1.29, 1.82) is 0 Å². The Bertz CT molecular complexity index is 956. The Labute approximate surface area is 192 Å². The van der Waals surface area contributed by atoms with Gasteiger partial charge < -0.3 is 9.80 Å². The molecule has 0 saturated carbocycles. The highest BCUT2D eigenvalue weighted by molar-refractivity contribution is 6.29. The molecule has 31 heavy (non-hydrogen) atoms. The molecule has 0 radical (unpaired) electrons. The van der Waals surface area contributed by atoms with Gasteiger partial charge in [0, 0.05) is 48.3 Å². The fraction of sp³-hybridized carbons (Fsp3) is 0.357. The van der Waals surface area contributed by atoms with E-state index in [1.54, 1.807) is 0 Å². The van der Waals surface area contributed by atoms with Crippen LogP contribution >= 0.6 is 11.6 Å². The molecule has 1 aliphatic rings. The Balaban J connectivity index is 1.76. The van der Waals surface area contributed by atoms with Gasteiger partial charge in [-0.15, -0.1) is 11.6 Å². The van der Waals surface area contributed by atoms with Crippen molar-refractivity contribution in [2.45, 2.75) is 44.4 Å². The first-order chi connectivity index (χ1) is 15.1. The Kier molecular flexibility index (Phi) is 6.57. The fourth-order valence-electron chi connectivity index (χ4n) is 4.67. The van der Waals surface area contributed by atoms with Crippen molar-refractivity contribution >= 4 is 28.7 Å². The Morgan fingerprint density at radius 2 is 1.23 bits per heavy atom. The fourth-order valence-corrected chi connectivity index (χ4v) is 5.12. The van der Waals surface area contributed by atoms with E-state index in [2.05, 4.69) is 103 Å². The highest BCUT2D eigenvalue weighted by atomic mass is 35.5. The number of nitrogens with zero attached hydrogens (tertiary/aromatic N) is 2. The third kappa shape index (κ3) is 3.94. The van der Waals surface area contributed by atoms with Gasteiger partial charge in [-0.25, -0.2) is 0 Å². The highest BCUT2D eigenvalue weighted by Gasteiger charge is 2.42. The van der Waals surface area contributed by atoms with Gasteiger partial charge in [-0.3, -0.25) is 0 Å². The summed E-state index contributed by atoms with van der Waals surface area (Å²) in [5.41, 5.74) is 7.01. The van der Waals surface area contributed by atoms with Crippen molar-refractivity contribution in [1.82, 2.24) is 0 Å². The minimum Gasteiger partial charge on any atom is -0.372 e. The lowest BCUT2D eigenvalue weighted by molar-refractivity contribution is 0.678. The monoisotopic (exact) mass is 432 g/mol. The molecular weight excluding hydrogens is 400 g/mol. The van der Waals surface area contributed by atoms with Crippen LogP contribution in [0.4, 0.5) is 17.1 Å². The zero-order chi connectivity index (χ0) is 21.8. The number of benzene rings is 3. The van der Waals surface area contributed by atoms with Crippen LogP contribution in [0.15, 0.2) is 72.8 Å². The van der Waals surface area contributed by atoms with Gasteiger partial charge in [0.2, 0.25) is 0 Å². The van der Waals surface area contributed by atoms with E-state index in [1.807, 2.05) is 0 Å². The van der Waals surface area contributed by atoms with E-state index in [4.69, 9.17) is 11.6 Å². The summed E-state index contributed by atoms with van der Waals surface area (Å²) >= 11 is 7.59. The number of alkyl halides is 1. The van der Waals surface area contributed by atoms with E-state index in [9.17, 15) is 0 Å². The number of hydrogen-bond donors (Lipinski definition) is 0. The quantitative estimate of drug-likeness (QED) is 0.336. The molecule has 2 nitrogen and oxygen atoms in total. The molecule has 3 aromatic rings. The van der Waals surface area contributed by atoms with E-state index < -0.39 is 4.87 Å². The molecule has 0 unspecified atom stereocenters. The minimum atomic E-state index is -0.699. The van der Waals surface area contributed by atoms with Crippen LogP contribution in [0, 0.1) is 0 Å². The standard InChI is InChI=1S/C28H33ClN2/c1-4-6-20-31(21-7-5-2)23-18-16-22(17-19-23)28(29)24-12-8-10-14-26(24)30(3)27-15-11-9-13-25(27)28/h8-19H,4-7,20-21H2,1-3H3. The number of anilines is 3. The van der Waals surface area contributed by atoms with Crippen LogP contribution in [0.2, 0.25) is 0 Å². The molecule has 0 aromatic heterocycles. The summed E-state index contributed by atoms with van der Waals surface area (Å²) in [6.07, 6.45) is 4.87. The van der Waals surface area contributed by atoms with Crippen molar-refractivity contribution in [3.63, 3.8) is 0 Å². The summed E-state index contributed by atoms with van der Waals surface area (Å²) in [4.78, 5) is 4.07. The van der Waals surface area contributed by atoms with Crippen LogP contribution in [-0.2, 0) is 4.87 Å². The van der Waals surface area contributed by atoms with E-state index in [-0.39, 0.29) is 0 Å². The van der Waals surface area contributed by atoms with Crippen molar-refractivity contribution < 1.29 is 0 Å². The molecule has 0 amide bonds. The molecule has 162 valence electrons.